The maximum atomic E-state index is 14.6. The maximum Gasteiger partial charge on any atom is 0.267 e. The van der Waals surface area contributed by atoms with Crippen LogP contribution in [-0.2, 0) is 10.0 Å². The lowest BCUT2D eigenvalue weighted by atomic mass is 9.95. The zero-order valence-corrected chi connectivity index (χ0v) is 20.6. The second kappa shape index (κ2) is 9.41. The Morgan fingerprint density at radius 3 is 2.39 bits per heavy atom. The topological polar surface area (TPSA) is 75.7 Å². The number of nitrogens with one attached hydrogen (secondary N) is 1. The van der Waals surface area contributed by atoms with Crippen molar-refractivity contribution in [3.05, 3.63) is 62.9 Å². The predicted octanol–water partition coefficient (Wildman–Crippen LogP) is 4.77. The van der Waals surface area contributed by atoms with Gasteiger partial charge in [0.05, 0.1) is 18.4 Å². The second-order valence-corrected chi connectivity index (χ2v) is 11.5. The van der Waals surface area contributed by atoms with Crippen molar-refractivity contribution in [2.24, 2.45) is 5.92 Å². The number of sulfonamides is 1. The Labute approximate surface area is 203 Å². The average molecular weight is 515 g/mol. The van der Waals surface area contributed by atoms with Crippen LogP contribution in [0.5, 0.6) is 5.75 Å². The van der Waals surface area contributed by atoms with E-state index in [0.29, 0.717) is 22.4 Å². The molecule has 2 aromatic rings. The van der Waals surface area contributed by atoms with Crippen molar-refractivity contribution in [3.8, 4) is 5.75 Å². The number of benzene rings is 2. The lowest BCUT2D eigenvalue weighted by Gasteiger charge is -2.43. The van der Waals surface area contributed by atoms with Crippen LogP contribution in [0.3, 0.4) is 0 Å². The molecule has 4 rings (SSSR count). The Balaban J connectivity index is 1.39. The molecule has 2 aromatic carbocycles. The van der Waals surface area contributed by atoms with Gasteiger partial charge < -0.3 is 4.74 Å². The summed E-state index contributed by atoms with van der Waals surface area (Å²) in [4.78, 5) is 14.5. The summed E-state index contributed by atoms with van der Waals surface area (Å²) < 4.78 is 45.1. The Hall–Kier alpha value is -1.87. The summed E-state index contributed by atoms with van der Waals surface area (Å²) in [6.07, 6.45) is 2.70. The molecule has 0 bridgehead atoms. The fraction of sp³-hybridized carbons (Fsp3) is 0.435. The lowest BCUT2D eigenvalue weighted by molar-refractivity contribution is 0.0307. The number of nitrogens with zero attached hydrogens (tertiary/aromatic N) is 1. The zero-order chi connectivity index (χ0) is 23.9. The Bertz CT molecular complexity index is 1160. The molecule has 0 radical (unpaired) electrons. The first-order valence-electron chi connectivity index (χ1n) is 10.7. The van der Waals surface area contributed by atoms with Crippen LogP contribution in [0, 0.1) is 11.7 Å². The van der Waals surface area contributed by atoms with Gasteiger partial charge in [0.25, 0.3) is 5.91 Å². The van der Waals surface area contributed by atoms with E-state index in [2.05, 4.69) is 11.8 Å². The first-order chi connectivity index (χ1) is 15.5. The molecule has 0 aromatic heterocycles. The summed E-state index contributed by atoms with van der Waals surface area (Å²) >= 11 is 12.2. The third-order valence-corrected chi connectivity index (χ3v) is 7.01. The Morgan fingerprint density at radius 1 is 1.18 bits per heavy atom. The number of ether oxygens (including phenoxy) is 1. The first kappa shape index (κ1) is 24.3. The molecule has 1 N–H and O–H groups in total. The molecule has 10 heteroatoms. The van der Waals surface area contributed by atoms with E-state index in [9.17, 15) is 17.6 Å². The van der Waals surface area contributed by atoms with E-state index in [1.54, 1.807) is 6.07 Å². The fourth-order valence-electron chi connectivity index (χ4n) is 4.07. The van der Waals surface area contributed by atoms with Crippen molar-refractivity contribution in [2.45, 2.75) is 31.7 Å². The highest BCUT2D eigenvalue weighted by molar-refractivity contribution is 7.89. The third-order valence-electron chi connectivity index (χ3n) is 6.01. The molecule has 2 aliphatic rings. The van der Waals surface area contributed by atoms with Gasteiger partial charge in [0.15, 0.2) is 0 Å². The minimum absolute atomic E-state index is 0.157. The number of halogens is 3. The second-order valence-electron chi connectivity index (χ2n) is 8.86. The van der Waals surface area contributed by atoms with Gasteiger partial charge in [0.1, 0.15) is 11.6 Å². The molecule has 1 aliphatic heterocycles. The molecular formula is C23H25Cl2FN2O4S. The molecule has 0 spiro atoms. The Morgan fingerprint density at radius 2 is 1.82 bits per heavy atom. The van der Waals surface area contributed by atoms with Crippen molar-refractivity contribution in [2.75, 3.05) is 26.0 Å². The van der Waals surface area contributed by atoms with Gasteiger partial charge >= 0.3 is 0 Å². The summed E-state index contributed by atoms with van der Waals surface area (Å²) in [7, 11) is -3.79. The molecule has 0 unspecified atom stereocenters. The number of carbonyl (C=O) groups is 1. The highest BCUT2D eigenvalue weighted by Gasteiger charge is 2.33. The van der Waals surface area contributed by atoms with E-state index < -0.39 is 21.7 Å². The smallest absolute Gasteiger partial charge is 0.267 e. The maximum absolute atomic E-state index is 14.6. The predicted molar refractivity (Wildman–Crippen MR) is 126 cm³/mol. The number of rotatable bonds is 8. The summed E-state index contributed by atoms with van der Waals surface area (Å²) in [5, 5.41) is 1.21. The van der Waals surface area contributed by atoms with E-state index in [1.165, 1.54) is 12.1 Å². The van der Waals surface area contributed by atoms with Crippen LogP contribution < -0.4 is 9.46 Å². The monoisotopic (exact) mass is 514 g/mol. The van der Waals surface area contributed by atoms with Crippen LogP contribution >= 0.6 is 23.2 Å². The highest BCUT2D eigenvalue weighted by atomic mass is 35.5. The van der Waals surface area contributed by atoms with Gasteiger partial charge in [-0.15, -0.1) is 0 Å². The van der Waals surface area contributed by atoms with E-state index in [1.807, 2.05) is 16.9 Å². The van der Waals surface area contributed by atoms with E-state index in [4.69, 9.17) is 27.9 Å². The first-order valence-corrected chi connectivity index (χ1v) is 13.3. The van der Waals surface area contributed by atoms with Crippen LogP contribution in [0.1, 0.15) is 53.2 Å². The van der Waals surface area contributed by atoms with Crippen molar-refractivity contribution >= 4 is 39.1 Å². The summed E-state index contributed by atoms with van der Waals surface area (Å²) in [6, 6.07) is 8.30. The van der Waals surface area contributed by atoms with E-state index in [0.717, 1.165) is 43.3 Å². The van der Waals surface area contributed by atoms with Gasteiger partial charge in [-0.05, 0) is 61.1 Å². The van der Waals surface area contributed by atoms with Crippen molar-refractivity contribution < 1.29 is 22.3 Å². The molecule has 1 amide bonds. The quantitative estimate of drug-likeness (QED) is 0.548. The molecule has 6 nitrogen and oxygen atoms in total. The van der Waals surface area contributed by atoms with Gasteiger partial charge in [-0.3, -0.25) is 9.69 Å². The fourth-order valence-corrected chi connectivity index (χ4v) is 5.06. The highest BCUT2D eigenvalue weighted by Crippen LogP contribution is 2.45. The summed E-state index contributed by atoms with van der Waals surface area (Å²) in [5.41, 5.74) is 1.50. The van der Waals surface area contributed by atoms with Gasteiger partial charge in [0.2, 0.25) is 10.0 Å². The lowest BCUT2D eigenvalue weighted by Crippen LogP contribution is -2.50. The molecule has 1 atom stereocenters. The number of likely N-dealkylation sites (tertiary alicyclic amines) is 1. The largest absolute Gasteiger partial charge is 0.493 e. The van der Waals surface area contributed by atoms with Crippen LogP contribution in [-0.4, -0.2) is 45.2 Å². The van der Waals surface area contributed by atoms with Crippen molar-refractivity contribution in [1.82, 2.24) is 9.62 Å². The molecule has 1 saturated carbocycles. The van der Waals surface area contributed by atoms with Gasteiger partial charge in [-0.1, -0.05) is 23.2 Å². The van der Waals surface area contributed by atoms with E-state index in [-0.39, 0.29) is 23.4 Å². The summed E-state index contributed by atoms with van der Waals surface area (Å²) in [5.74, 6) is -0.897. The Kier molecular flexibility index (Phi) is 6.92. The summed E-state index contributed by atoms with van der Waals surface area (Å²) in [6.45, 7) is 4.16. The van der Waals surface area contributed by atoms with Crippen molar-refractivity contribution in [1.29, 1.82) is 0 Å². The van der Waals surface area contributed by atoms with Crippen molar-refractivity contribution in [3.63, 3.8) is 0 Å². The third kappa shape index (κ3) is 5.98. The normalized spacial score (nSPS) is 18.0. The number of amides is 1. The van der Waals surface area contributed by atoms with Gasteiger partial charge in [-0.25, -0.2) is 17.5 Å². The zero-order valence-electron chi connectivity index (χ0n) is 18.3. The average Bonchev–Trinajstić information content (AvgIpc) is 3.49. The molecule has 1 saturated heterocycles. The number of hydrogen-bond acceptors (Lipinski definition) is 5. The van der Waals surface area contributed by atoms with Crippen LogP contribution in [0.2, 0.25) is 10.0 Å². The van der Waals surface area contributed by atoms with Crippen LogP contribution in [0.4, 0.5) is 4.39 Å². The minimum atomic E-state index is -3.79. The van der Waals surface area contributed by atoms with Gasteiger partial charge in [-0.2, -0.15) is 0 Å². The number of carbonyl (C=O) groups excluding carboxylic acids is 1. The SMILES string of the molecule is C[C@@H](c1cc(Cl)cc(Cl)c1)N1CC(COc2cc(F)c(C(=O)NS(C)(=O)=O)cc2C2CC2)C1. The molecule has 178 valence electrons. The van der Waals surface area contributed by atoms with E-state index >= 15 is 0 Å². The molecule has 33 heavy (non-hydrogen) atoms. The molecule has 2 fully saturated rings. The molecule has 1 aliphatic carbocycles. The van der Waals surface area contributed by atoms with Crippen LogP contribution in [0.25, 0.3) is 0 Å². The molecular weight excluding hydrogens is 490 g/mol. The minimum Gasteiger partial charge on any atom is -0.493 e. The number of hydrogen-bond donors (Lipinski definition) is 1. The van der Waals surface area contributed by atoms with Crippen LogP contribution in [0.15, 0.2) is 30.3 Å². The van der Waals surface area contributed by atoms with Gasteiger partial charge in [0, 0.05) is 41.2 Å². The molecule has 1 heterocycles. The standard InChI is InChI=1S/C23H25Cl2FN2O4S/c1-13(16-5-17(24)7-18(25)6-16)28-10-14(11-28)12-32-22-9-21(26)20(8-19(22)15-3-4-15)23(29)27-33(2,30)31/h5-9,13-15H,3-4,10-12H2,1-2H3,(H,27,29)/t13-/m0/s1.